The molecule has 2 rings (SSSR count). The average Bonchev–Trinajstić information content (AvgIpc) is 2.93. The molecule has 1 N–H and O–H groups in total. The second-order valence-corrected chi connectivity index (χ2v) is 3.77. The van der Waals surface area contributed by atoms with Gasteiger partial charge >= 0.3 is 0 Å². The fourth-order valence-corrected chi connectivity index (χ4v) is 1.92. The van der Waals surface area contributed by atoms with Gasteiger partial charge in [0, 0.05) is 11.3 Å². The Morgan fingerprint density at radius 2 is 2.43 bits per heavy atom. The number of hydrogen-bond acceptors (Lipinski definition) is 2. The molecule has 1 aromatic carbocycles. The standard InChI is InChI=1S/C11H11FO2/c12-10-3-1-2-8(4-10)11(7-14)5-9(11)6-13/h1-4,6,9,14H,5,7H2/t9-,11+/m0/s1. The van der Waals surface area contributed by atoms with Gasteiger partial charge in [-0.25, -0.2) is 4.39 Å². The molecule has 1 fully saturated rings. The SMILES string of the molecule is O=C[C@@H]1C[C@@]1(CO)c1cccc(F)c1. The maximum absolute atomic E-state index is 12.9. The lowest BCUT2D eigenvalue weighted by Gasteiger charge is -2.12. The lowest BCUT2D eigenvalue weighted by Crippen LogP contribution is -2.16. The van der Waals surface area contributed by atoms with E-state index in [2.05, 4.69) is 0 Å². The summed E-state index contributed by atoms with van der Waals surface area (Å²) < 4.78 is 12.9. The summed E-state index contributed by atoms with van der Waals surface area (Å²) in [6.07, 6.45) is 1.46. The first-order valence-corrected chi connectivity index (χ1v) is 4.55. The second-order valence-electron chi connectivity index (χ2n) is 3.77. The highest BCUT2D eigenvalue weighted by Crippen LogP contribution is 2.52. The summed E-state index contributed by atoms with van der Waals surface area (Å²) in [6, 6.07) is 6.09. The number of aliphatic hydroxyl groups excluding tert-OH is 1. The zero-order valence-electron chi connectivity index (χ0n) is 7.61. The fraction of sp³-hybridized carbons (Fsp3) is 0.364. The summed E-state index contributed by atoms with van der Waals surface area (Å²) in [5, 5.41) is 9.22. The van der Waals surface area contributed by atoms with Gasteiger partial charge in [-0.15, -0.1) is 0 Å². The van der Waals surface area contributed by atoms with Crippen LogP contribution in [0, 0.1) is 11.7 Å². The van der Waals surface area contributed by atoms with Gasteiger partial charge in [0.15, 0.2) is 0 Å². The van der Waals surface area contributed by atoms with E-state index >= 15 is 0 Å². The topological polar surface area (TPSA) is 37.3 Å². The van der Waals surface area contributed by atoms with E-state index in [0.29, 0.717) is 6.42 Å². The molecule has 14 heavy (non-hydrogen) atoms. The first-order chi connectivity index (χ1) is 6.73. The normalized spacial score (nSPS) is 30.0. The van der Waals surface area contributed by atoms with E-state index in [0.717, 1.165) is 11.8 Å². The van der Waals surface area contributed by atoms with Gasteiger partial charge in [-0.2, -0.15) is 0 Å². The Balaban J connectivity index is 2.34. The molecule has 1 aromatic rings. The molecule has 0 saturated heterocycles. The van der Waals surface area contributed by atoms with Crippen molar-refractivity contribution in [3.63, 3.8) is 0 Å². The van der Waals surface area contributed by atoms with Gasteiger partial charge in [0.25, 0.3) is 0 Å². The van der Waals surface area contributed by atoms with Gasteiger partial charge in [0.2, 0.25) is 0 Å². The number of benzene rings is 1. The number of halogens is 1. The highest BCUT2D eigenvalue weighted by atomic mass is 19.1. The van der Waals surface area contributed by atoms with E-state index in [1.807, 2.05) is 0 Å². The van der Waals surface area contributed by atoms with Crippen molar-refractivity contribution in [2.75, 3.05) is 6.61 Å². The Morgan fingerprint density at radius 1 is 1.64 bits per heavy atom. The van der Waals surface area contributed by atoms with Crippen LogP contribution in [0.15, 0.2) is 24.3 Å². The molecular formula is C11H11FO2. The number of rotatable bonds is 3. The molecular weight excluding hydrogens is 183 g/mol. The van der Waals surface area contributed by atoms with Crippen molar-refractivity contribution in [2.24, 2.45) is 5.92 Å². The average molecular weight is 194 g/mol. The van der Waals surface area contributed by atoms with Crippen LogP contribution in [0.3, 0.4) is 0 Å². The highest BCUT2D eigenvalue weighted by Gasteiger charge is 2.54. The third-order valence-corrected chi connectivity index (χ3v) is 2.98. The monoisotopic (exact) mass is 194 g/mol. The zero-order valence-corrected chi connectivity index (χ0v) is 7.61. The number of carbonyl (C=O) groups is 1. The molecule has 0 radical (unpaired) electrons. The summed E-state index contributed by atoms with van der Waals surface area (Å²) in [4.78, 5) is 10.6. The molecule has 2 nitrogen and oxygen atoms in total. The third kappa shape index (κ3) is 1.24. The van der Waals surface area contributed by atoms with E-state index in [1.54, 1.807) is 12.1 Å². The Morgan fingerprint density at radius 3 is 2.93 bits per heavy atom. The van der Waals surface area contributed by atoms with Gasteiger partial charge in [-0.05, 0) is 24.1 Å². The largest absolute Gasteiger partial charge is 0.395 e. The summed E-state index contributed by atoms with van der Waals surface area (Å²) >= 11 is 0. The molecule has 1 saturated carbocycles. The van der Waals surface area contributed by atoms with Gasteiger partial charge in [0.1, 0.15) is 12.1 Å². The Kier molecular flexibility index (Phi) is 2.11. The summed E-state index contributed by atoms with van der Waals surface area (Å²) in [5.41, 5.74) is 0.209. The molecule has 3 heteroatoms. The molecule has 0 unspecified atom stereocenters. The van der Waals surface area contributed by atoms with E-state index in [1.165, 1.54) is 12.1 Å². The maximum atomic E-state index is 12.9. The van der Waals surface area contributed by atoms with Crippen LogP contribution in [0.1, 0.15) is 12.0 Å². The lowest BCUT2D eigenvalue weighted by molar-refractivity contribution is -0.109. The van der Waals surface area contributed by atoms with E-state index in [4.69, 9.17) is 0 Å². The van der Waals surface area contributed by atoms with Crippen molar-refractivity contribution in [3.05, 3.63) is 35.6 Å². The quantitative estimate of drug-likeness (QED) is 0.736. The van der Waals surface area contributed by atoms with Crippen molar-refractivity contribution in [1.82, 2.24) is 0 Å². The van der Waals surface area contributed by atoms with Crippen molar-refractivity contribution in [1.29, 1.82) is 0 Å². The molecule has 1 aliphatic rings. The maximum Gasteiger partial charge on any atom is 0.124 e. The van der Waals surface area contributed by atoms with Gasteiger partial charge in [-0.3, -0.25) is 0 Å². The molecule has 0 aliphatic heterocycles. The van der Waals surface area contributed by atoms with Gasteiger partial charge in [0.05, 0.1) is 6.61 Å². The smallest absolute Gasteiger partial charge is 0.124 e. The van der Waals surface area contributed by atoms with Crippen LogP contribution in [0.25, 0.3) is 0 Å². The van der Waals surface area contributed by atoms with Gasteiger partial charge < -0.3 is 9.90 Å². The minimum absolute atomic E-state index is 0.0974. The van der Waals surface area contributed by atoms with E-state index in [9.17, 15) is 14.3 Å². The predicted octanol–water partition coefficient (Wildman–Crippen LogP) is 1.27. The molecule has 0 spiro atoms. The third-order valence-electron chi connectivity index (χ3n) is 2.98. The Bertz CT molecular complexity index is 364. The first-order valence-electron chi connectivity index (χ1n) is 4.55. The van der Waals surface area contributed by atoms with Gasteiger partial charge in [-0.1, -0.05) is 12.1 Å². The molecule has 0 bridgehead atoms. The van der Waals surface area contributed by atoms with Crippen LogP contribution in [0.5, 0.6) is 0 Å². The minimum Gasteiger partial charge on any atom is -0.395 e. The van der Waals surface area contributed by atoms with Crippen molar-refractivity contribution in [2.45, 2.75) is 11.8 Å². The van der Waals surface area contributed by atoms with Crippen LogP contribution in [0.2, 0.25) is 0 Å². The molecule has 74 valence electrons. The van der Waals surface area contributed by atoms with Crippen molar-refractivity contribution < 1.29 is 14.3 Å². The summed E-state index contributed by atoms with van der Waals surface area (Å²) in [5.74, 6) is -0.485. The van der Waals surface area contributed by atoms with Crippen LogP contribution >= 0.6 is 0 Å². The van der Waals surface area contributed by atoms with Crippen LogP contribution in [0.4, 0.5) is 4.39 Å². The van der Waals surface area contributed by atoms with Crippen molar-refractivity contribution in [3.8, 4) is 0 Å². The molecule has 2 atom stereocenters. The second kappa shape index (κ2) is 3.17. The summed E-state index contributed by atoms with van der Waals surface area (Å²) in [6.45, 7) is -0.0974. The van der Waals surface area contributed by atoms with E-state index in [-0.39, 0.29) is 18.3 Å². The highest BCUT2D eigenvalue weighted by molar-refractivity contribution is 5.64. The first kappa shape index (κ1) is 9.34. The summed E-state index contributed by atoms with van der Waals surface area (Å²) in [7, 11) is 0. The molecule has 0 amide bonds. The zero-order chi connectivity index (χ0) is 10.2. The van der Waals surface area contributed by atoms with Crippen LogP contribution < -0.4 is 0 Å². The van der Waals surface area contributed by atoms with Crippen LogP contribution in [-0.4, -0.2) is 18.0 Å². The van der Waals surface area contributed by atoms with Crippen molar-refractivity contribution >= 4 is 6.29 Å². The van der Waals surface area contributed by atoms with E-state index < -0.39 is 5.41 Å². The number of carbonyl (C=O) groups excluding carboxylic acids is 1. The van der Waals surface area contributed by atoms with Crippen LogP contribution in [-0.2, 0) is 10.2 Å². The minimum atomic E-state index is -0.510. The molecule has 0 heterocycles. The number of hydrogen-bond donors (Lipinski definition) is 1. The molecule has 0 aromatic heterocycles. The number of aliphatic hydroxyl groups is 1. The Labute approximate surface area is 81.4 Å². The fourth-order valence-electron chi connectivity index (χ4n) is 1.92. The number of aldehydes is 1. The Hall–Kier alpha value is -1.22. The predicted molar refractivity (Wildman–Crippen MR) is 49.3 cm³/mol. The molecule has 1 aliphatic carbocycles. The lowest BCUT2D eigenvalue weighted by atomic mass is 9.94.